The quantitative estimate of drug-likeness (QED) is 0.851. The molecule has 1 aliphatic rings. The maximum atomic E-state index is 13.3. The van der Waals surface area contributed by atoms with Crippen LogP contribution in [-0.2, 0) is 11.2 Å². The van der Waals surface area contributed by atoms with Gasteiger partial charge in [-0.3, -0.25) is 9.69 Å². The first-order chi connectivity index (χ1) is 12.6. The number of benzene rings is 2. The van der Waals surface area contributed by atoms with Crippen LogP contribution in [0.25, 0.3) is 0 Å². The number of piperidine rings is 1. The molecule has 1 N–H and O–H groups in total. The van der Waals surface area contributed by atoms with Crippen molar-refractivity contribution in [2.24, 2.45) is 0 Å². The summed E-state index contributed by atoms with van der Waals surface area (Å²) < 4.78 is 26.3. The first-order valence-electron chi connectivity index (χ1n) is 9.13. The second-order valence-corrected chi connectivity index (χ2v) is 6.75. The normalized spacial score (nSPS) is 16.2. The molecule has 1 saturated heterocycles. The molecular weight excluding hydrogens is 334 g/mol. The molecule has 0 radical (unpaired) electrons. The Balaban J connectivity index is 1.63. The largest absolute Gasteiger partial charge is 0.354 e. The molecule has 26 heavy (non-hydrogen) atoms. The molecule has 0 spiro atoms. The van der Waals surface area contributed by atoms with E-state index in [4.69, 9.17) is 0 Å². The van der Waals surface area contributed by atoms with E-state index in [9.17, 15) is 13.6 Å². The first kappa shape index (κ1) is 18.5. The lowest BCUT2D eigenvalue weighted by molar-refractivity contribution is -0.120. The number of hydrogen-bond acceptors (Lipinski definition) is 2. The van der Waals surface area contributed by atoms with Gasteiger partial charge in [-0.2, -0.15) is 0 Å². The summed E-state index contributed by atoms with van der Waals surface area (Å²) in [5.41, 5.74) is 1.65. The zero-order valence-corrected chi connectivity index (χ0v) is 14.8. The van der Waals surface area contributed by atoms with Gasteiger partial charge in [-0.25, -0.2) is 8.78 Å². The summed E-state index contributed by atoms with van der Waals surface area (Å²) >= 11 is 0. The molecule has 2 aromatic carbocycles. The van der Waals surface area contributed by atoms with Crippen molar-refractivity contribution in [3.63, 3.8) is 0 Å². The Kier molecular flexibility index (Phi) is 6.34. The fraction of sp³-hybridized carbons (Fsp3) is 0.381. The molecule has 2 aromatic rings. The summed E-state index contributed by atoms with van der Waals surface area (Å²) in [6.07, 6.45) is 3.64. The van der Waals surface area contributed by atoms with Gasteiger partial charge in [0.1, 0.15) is 0 Å². The van der Waals surface area contributed by atoms with Crippen LogP contribution in [-0.4, -0.2) is 30.4 Å². The van der Waals surface area contributed by atoms with Crippen molar-refractivity contribution in [3.8, 4) is 0 Å². The summed E-state index contributed by atoms with van der Waals surface area (Å²) in [6, 6.07) is 13.9. The standard InChI is InChI=1S/C21H24F2N2O/c22-18-10-9-16(13-19(18)23)14-21(26)24-15-20(17-7-3-1-4-8-17)25-11-5-2-6-12-25/h1,3-4,7-10,13,20H,2,5-6,11-12,14-15H2,(H,24,26)/t20-/m1/s1. The van der Waals surface area contributed by atoms with Gasteiger partial charge < -0.3 is 5.32 Å². The Morgan fingerprint density at radius 2 is 1.73 bits per heavy atom. The fourth-order valence-corrected chi connectivity index (χ4v) is 3.47. The highest BCUT2D eigenvalue weighted by molar-refractivity contribution is 5.78. The highest BCUT2D eigenvalue weighted by Crippen LogP contribution is 2.24. The third-order valence-electron chi connectivity index (χ3n) is 4.86. The van der Waals surface area contributed by atoms with Crippen LogP contribution in [0.2, 0.25) is 0 Å². The van der Waals surface area contributed by atoms with Gasteiger partial charge in [0, 0.05) is 6.54 Å². The Labute approximate surface area is 153 Å². The molecule has 0 aliphatic carbocycles. The number of halogens is 2. The average Bonchev–Trinajstić information content (AvgIpc) is 2.67. The monoisotopic (exact) mass is 358 g/mol. The molecular formula is C21H24F2N2O. The summed E-state index contributed by atoms with van der Waals surface area (Å²) in [6.45, 7) is 2.56. The minimum absolute atomic E-state index is 0.0404. The molecule has 1 atom stereocenters. The van der Waals surface area contributed by atoms with Gasteiger partial charge in [0.05, 0.1) is 12.5 Å². The molecule has 1 aliphatic heterocycles. The van der Waals surface area contributed by atoms with Crippen molar-refractivity contribution in [3.05, 3.63) is 71.3 Å². The lowest BCUT2D eigenvalue weighted by atomic mass is 10.0. The maximum Gasteiger partial charge on any atom is 0.224 e. The van der Waals surface area contributed by atoms with Crippen molar-refractivity contribution in [2.45, 2.75) is 31.7 Å². The molecule has 1 fully saturated rings. The molecule has 138 valence electrons. The highest BCUT2D eigenvalue weighted by atomic mass is 19.2. The SMILES string of the molecule is O=C(Cc1ccc(F)c(F)c1)NC[C@H](c1ccccc1)N1CCCCC1. The molecule has 3 nitrogen and oxygen atoms in total. The third-order valence-corrected chi connectivity index (χ3v) is 4.86. The van der Waals surface area contributed by atoms with Crippen LogP contribution < -0.4 is 5.32 Å². The van der Waals surface area contributed by atoms with E-state index < -0.39 is 11.6 Å². The van der Waals surface area contributed by atoms with Crippen molar-refractivity contribution < 1.29 is 13.6 Å². The minimum Gasteiger partial charge on any atom is -0.354 e. The maximum absolute atomic E-state index is 13.3. The number of rotatable bonds is 6. The minimum atomic E-state index is -0.925. The van der Waals surface area contributed by atoms with Crippen molar-refractivity contribution in [2.75, 3.05) is 19.6 Å². The van der Waals surface area contributed by atoms with E-state index in [2.05, 4.69) is 22.3 Å². The van der Waals surface area contributed by atoms with E-state index in [0.29, 0.717) is 12.1 Å². The van der Waals surface area contributed by atoms with Crippen LogP contribution in [0.5, 0.6) is 0 Å². The summed E-state index contributed by atoms with van der Waals surface area (Å²) in [4.78, 5) is 14.7. The van der Waals surface area contributed by atoms with Gasteiger partial charge in [-0.15, -0.1) is 0 Å². The molecule has 0 saturated carbocycles. The number of hydrogen-bond donors (Lipinski definition) is 1. The highest BCUT2D eigenvalue weighted by Gasteiger charge is 2.22. The molecule has 0 aromatic heterocycles. The van der Waals surface area contributed by atoms with Gasteiger partial charge in [0.2, 0.25) is 5.91 Å². The lowest BCUT2D eigenvalue weighted by Crippen LogP contribution is -2.41. The smallest absolute Gasteiger partial charge is 0.224 e. The van der Waals surface area contributed by atoms with E-state index in [1.165, 1.54) is 30.9 Å². The van der Waals surface area contributed by atoms with Crippen LogP contribution in [0.15, 0.2) is 48.5 Å². The van der Waals surface area contributed by atoms with Crippen LogP contribution in [0.3, 0.4) is 0 Å². The number of nitrogens with one attached hydrogen (secondary N) is 1. The van der Waals surface area contributed by atoms with Crippen molar-refractivity contribution in [1.82, 2.24) is 10.2 Å². The summed E-state index contributed by atoms with van der Waals surface area (Å²) in [5.74, 6) is -2.01. The Morgan fingerprint density at radius 3 is 2.42 bits per heavy atom. The van der Waals surface area contributed by atoms with E-state index >= 15 is 0 Å². The zero-order chi connectivity index (χ0) is 18.4. The van der Waals surface area contributed by atoms with Gasteiger partial charge in [-0.1, -0.05) is 42.8 Å². The Hall–Kier alpha value is -2.27. The predicted molar refractivity (Wildman–Crippen MR) is 97.7 cm³/mol. The number of likely N-dealkylation sites (tertiary alicyclic amines) is 1. The molecule has 1 amide bonds. The predicted octanol–water partition coefficient (Wildman–Crippen LogP) is 3.85. The van der Waals surface area contributed by atoms with E-state index in [0.717, 1.165) is 25.2 Å². The summed E-state index contributed by atoms with van der Waals surface area (Å²) in [5, 5.41) is 2.96. The fourth-order valence-electron chi connectivity index (χ4n) is 3.47. The van der Waals surface area contributed by atoms with Gasteiger partial charge in [-0.05, 0) is 49.2 Å². The number of carbonyl (C=O) groups is 1. The van der Waals surface area contributed by atoms with E-state index in [1.807, 2.05) is 18.2 Å². The number of amides is 1. The van der Waals surface area contributed by atoms with Gasteiger partial charge in [0.15, 0.2) is 11.6 Å². The number of nitrogens with zero attached hydrogens (tertiary/aromatic N) is 1. The second kappa shape index (κ2) is 8.90. The first-order valence-corrected chi connectivity index (χ1v) is 9.13. The van der Waals surface area contributed by atoms with Crippen LogP contribution in [0.4, 0.5) is 8.78 Å². The van der Waals surface area contributed by atoms with Crippen LogP contribution in [0.1, 0.15) is 36.4 Å². The molecule has 3 rings (SSSR count). The Morgan fingerprint density at radius 1 is 1.00 bits per heavy atom. The van der Waals surface area contributed by atoms with Crippen molar-refractivity contribution in [1.29, 1.82) is 0 Å². The zero-order valence-electron chi connectivity index (χ0n) is 14.8. The Bertz CT molecular complexity index is 730. The van der Waals surface area contributed by atoms with Gasteiger partial charge >= 0.3 is 0 Å². The molecule has 5 heteroatoms. The third kappa shape index (κ3) is 4.88. The lowest BCUT2D eigenvalue weighted by Gasteiger charge is -2.35. The molecule has 0 unspecified atom stereocenters. The van der Waals surface area contributed by atoms with Crippen molar-refractivity contribution >= 4 is 5.91 Å². The van der Waals surface area contributed by atoms with Gasteiger partial charge in [0.25, 0.3) is 0 Å². The van der Waals surface area contributed by atoms with Crippen LogP contribution in [0, 0.1) is 11.6 Å². The van der Waals surface area contributed by atoms with E-state index in [1.54, 1.807) is 0 Å². The molecule has 1 heterocycles. The topological polar surface area (TPSA) is 32.3 Å². The summed E-state index contributed by atoms with van der Waals surface area (Å²) in [7, 11) is 0. The number of carbonyl (C=O) groups excluding carboxylic acids is 1. The second-order valence-electron chi connectivity index (χ2n) is 6.75. The molecule has 0 bridgehead atoms. The van der Waals surface area contributed by atoms with Crippen LogP contribution >= 0.6 is 0 Å². The van der Waals surface area contributed by atoms with E-state index in [-0.39, 0.29) is 18.4 Å². The average molecular weight is 358 g/mol.